The topological polar surface area (TPSA) is 89.2 Å². The van der Waals surface area contributed by atoms with E-state index < -0.39 is 11.2 Å². The van der Waals surface area contributed by atoms with Crippen LogP contribution in [-0.4, -0.2) is 72.8 Å². The molecule has 1 amide bonds. The van der Waals surface area contributed by atoms with Gasteiger partial charge in [-0.3, -0.25) is 14.5 Å². The van der Waals surface area contributed by atoms with Crippen LogP contribution in [0.2, 0.25) is 0 Å². The Bertz CT molecular complexity index is 1990. The maximum atomic E-state index is 15.9. The van der Waals surface area contributed by atoms with Crippen molar-refractivity contribution in [1.29, 1.82) is 0 Å². The maximum Gasteiger partial charge on any atom is 0.259 e. The van der Waals surface area contributed by atoms with Crippen molar-refractivity contribution in [2.45, 2.75) is 25.7 Å². The molecule has 0 unspecified atom stereocenters. The highest BCUT2D eigenvalue weighted by Gasteiger charge is 2.31. The summed E-state index contributed by atoms with van der Waals surface area (Å²) in [5.41, 5.74) is 2.15. The van der Waals surface area contributed by atoms with Crippen molar-refractivity contribution in [3.63, 3.8) is 0 Å². The van der Waals surface area contributed by atoms with Gasteiger partial charge in [0.25, 0.3) is 5.91 Å². The van der Waals surface area contributed by atoms with E-state index in [9.17, 15) is 9.59 Å². The summed E-state index contributed by atoms with van der Waals surface area (Å²) in [7, 11) is 0. The fourth-order valence-electron chi connectivity index (χ4n) is 6.76. The molecule has 9 nitrogen and oxygen atoms in total. The monoisotopic (exact) mass is 596 g/mol. The van der Waals surface area contributed by atoms with Gasteiger partial charge in [0.05, 0.1) is 24.3 Å². The number of carbonyl (C=O) groups excluding carboxylic acids is 1. The summed E-state index contributed by atoms with van der Waals surface area (Å²) in [5.74, 6) is -0.200. The summed E-state index contributed by atoms with van der Waals surface area (Å²) in [6, 6.07) is 12.8. The highest BCUT2D eigenvalue weighted by atomic mass is 19.1. The van der Waals surface area contributed by atoms with Crippen molar-refractivity contribution < 1.29 is 23.1 Å². The Balaban J connectivity index is 1.26. The minimum atomic E-state index is -0.594. The lowest BCUT2D eigenvalue weighted by molar-refractivity contribution is 0.0378. The number of furan rings is 1. The molecule has 2 aromatic heterocycles. The molecule has 226 valence electrons. The second-order valence-corrected chi connectivity index (χ2v) is 11.8. The first-order valence-electron chi connectivity index (χ1n) is 15.5. The Morgan fingerprint density at radius 2 is 1.75 bits per heavy atom. The quantitative estimate of drug-likeness (QED) is 0.240. The molecule has 2 fully saturated rings. The number of pyridine rings is 1. The largest absolute Gasteiger partial charge is 0.456 e. The molecular weight excluding hydrogens is 563 g/mol. The van der Waals surface area contributed by atoms with Gasteiger partial charge in [0.2, 0.25) is 5.43 Å². The highest BCUT2D eigenvalue weighted by molar-refractivity contribution is 6.07. The normalized spacial score (nSPS) is 16.8. The van der Waals surface area contributed by atoms with Crippen molar-refractivity contribution in [3.05, 3.63) is 70.3 Å². The van der Waals surface area contributed by atoms with Gasteiger partial charge >= 0.3 is 0 Å². The van der Waals surface area contributed by atoms with Crippen molar-refractivity contribution in [1.82, 2.24) is 14.4 Å². The molecule has 10 heteroatoms. The van der Waals surface area contributed by atoms with Gasteiger partial charge in [-0.2, -0.15) is 0 Å². The number of carbonyl (C=O) groups is 1. The number of benzene rings is 3. The predicted octanol–water partition coefficient (Wildman–Crippen LogP) is 5.90. The molecule has 0 atom stereocenters. The van der Waals surface area contributed by atoms with E-state index >= 15 is 4.39 Å². The Morgan fingerprint density at radius 1 is 0.932 bits per heavy atom. The molecule has 0 saturated carbocycles. The van der Waals surface area contributed by atoms with E-state index in [1.165, 1.54) is 6.07 Å². The van der Waals surface area contributed by atoms with Gasteiger partial charge < -0.3 is 28.7 Å². The van der Waals surface area contributed by atoms with Crippen LogP contribution in [0.25, 0.3) is 38.5 Å². The Kier molecular flexibility index (Phi) is 6.76. The molecule has 5 heterocycles. The number of nitrogens with one attached hydrogen (secondary N) is 1. The van der Waals surface area contributed by atoms with E-state index in [1.54, 1.807) is 15.7 Å². The molecule has 2 saturated heterocycles. The van der Waals surface area contributed by atoms with Crippen LogP contribution in [0.1, 0.15) is 36.0 Å². The molecular formula is C34H33FN4O5. The van der Waals surface area contributed by atoms with Gasteiger partial charge in [-0.15, -0.1) is 0 Å². The van der Waals surface area contributed by atoms with Crippen molar-refractivity contribution in [2.75, 3.05) is 57.8 Å². The highest BCUT2D eigenvalue weighted by Crippen LogP contribution is 2.47. The number of anilines is 1. The van der Waals surface area contributed by atoms with Crippen LogP contribution in [-0.2, 0) is 4.74 Å². The summed E-state index contributed by atoms with van der Waals surface area (Å²) < 4.78 is 35.8. The molecule has 0 aliphatic carbocycles. The van der Waals surface area contributed by atoms with E-state index in [2.05, 4.69) is 10.2 Å². The van der Waals surface area contributed by atoms with Crippen LogP contribution >= 0.6 is 0 Å². The molecule has 3 aliphatic heterocycles. The summed E-state index contributed by atoms with van der Waals surface area (Å²) in [6.07, 6.45) is 5.24. The zero-order chi connectivity index (χ0) is 29.8. The van der Waals surface area contributed by atoms with Crippen molar-refractivity contribution in [3.8, 4) is 17.2 Å². The fraction of sp³-hybridized carbons (Fsp3) is 0.353. The summed E-state index contributed by atoms with van der Waals surface area (Å²) in [6.45, 7) is 5.80. The first-order chi connectivity index (χ1) is 21.6. The standard InChI is InChI=1S/C34H33FN4O5/c35-25-17-23-31-33(30(25)36-9-6-10-37-13-15-42-16-14-37)44-29-18-22-21-7-2-3-8-27(21)43-28(22)19-26(29)39(31)20-24(32(23)40)34(41)38-11-4-1-5-12-38/h2-3,7-8,17-20,36H,1,4-6,9-16H2. The zero-order valence-electron chi connectivity index (χ0n) is 24.4. The van der Waals surface area contributed by atoms with E-state index in [1.807, 2.05) is 36.4 Å². The van der Waals surface area contributed by atoms with Crippen molar-refractivity contribution >= 4 is 44.4 Å². The molecule has 3 aromatic carbocycles. The number of nitrogens with zero attached hydrogens (tertiary/aromatic N) is 3. The number of hydrogen-bond donors (Lipinski definition) is 1. The lowest BCUT2D eigenvalue weighted by Crippen LogP contribution is -2.38. The SMILES string of the molecule is O=C(c1cn2c3c(c(NCCCN4CCOCC4)c(F)cc3c1=O)Oc1cc3c(cc1-2)oc1ccccc13)N1CCCCC1. The molecule has 0 spiro atoms. The van der Waals surface area contributed by atoms with E-state index in [0.29, 0.717) is 42.2 Å². The minimum absolute atomic E-state index is 0.0218. The number of rotatable bonds is 6. The minimum Gasteiger partial charge on any atom is -0.456 e. The molecule has 44 heavy (non-hydrogen) atoms. The number of likely N-dealkylation sites (tertiary alicyclic amines) is 1. The summed E-state index contributed by atoms with van der Waals surface area (Å²) >= 11 is 0. The Hall–Kier alpha value is -4.41. The fourth-order valence-corrected chi connectivity index (χ4v) is 6.76. The third kappa shape index (κ3) is 4.51. The number of halogens is 1. The van der Waals surface area contributed by atoms with Gasteiger partial charge in [-0.05, 0) is 50.4 Å². The second-order valence-electron chi connectivity index (χ2n) is 11.8. The van der Waals surface area contributed by atoms with Crippen LogP contribution in [0.5, 0.6) is 11.5 Å². The number of aromatic nitrogens is 1. The maximum absolute atomic E-state index is 15.9. The smallest absolute Gasteiger partial charge is 0.259 e. The number of amides is 1. The lowest BCUT2D eigenvalue weighted by Gasteiger charge is -2.29. The molecule has 1 N–H and O–H groups in total. The average Bonchev–Trinajstić information content (AvgIpc) is 3.42. The van der Waals surface area contributed by atoms with E-state index in [4.69, 9.17) is 13.9 Å². The number of hydrogen-bond acceptors (Lipinski definition) is 7. The number of ether oxygens (including phenoxy) is 2. The molecule has 0 radical (unpaired) electrons. The van der Waals surface area contributed by atoms with Crippen molar-refractivity contribution in [2.24, 2.45) is 0 Å². The van der Waals surface area contributed by atoms with Gasteiger partial charge in [0.15, 0.2) is 17.3 Å². The number of fused-ring (bicyclic) bond motifs is 5. The third-order valence-electron chi connectivity index (χ3n) is 9.06. The number of piperidine rings is 1. The van der Waals surface area contributed by atoms with Crippen LogP contribution in [0, 0.1) is 5.82 Å². The zero-order valence-corrected chi connectivity index (χ0v) is 24.4. The van der Waals surface area contributed by atoms with Crippen LogP contribution < -0.4 is 15.5 Å². The first-order valence-corrected chi connectivity index (χ1v) is 15.5. The molecule has 5 aromatic rings. The lowest BCUT2D eigenvalue weighted by atomic mass is 10.0. The van der Waals surface area contributed by atoms with Gasteiger partial charge in [-0.1, -0.05) is 18.2 Å². The van der Waals surface area contributed by atoms with Crippen LogP contribution in [0.3, 0.4) is 0 Å². The Morgan fingerprint density at radius 3 is 2.59 bits per heavy atom. The number of para-hydroxylation sites is 1. The molecule has 0 bridgehead atoms. The Labute approximate surface area is 252 Å². The summed E-state index contributed by atoms with van der Waals surface area (Å²) in [4.78, 5) is 31.6. The molecule has 8 rings (SSSR count). The third-order valence-corrected chi connectivity index (χ3v) is 9.06. The summed E-state index contributed by atoms with van der Waals surface area (Å²) in [5, 5.41) is 5.16. The molecule has 3 aliphatic rings. The number of morpholine rings is 1. The predicted molar refractivity (Wildman–Crippen MR) is 167 cm³/mol. The van der Waals surface area contributed by atoms with Crippen LogP contribution in [0.4, 0.5) is 10.1 Å². The second kappa shape index (κ2) is 10.9. The van der Waals surface area contributed by atoms with E-state index in [-0.39, 0.29) is 28.3 Å². The van der Waals surface area contributed by atoms with E-state index in [0.717, 1.165) is 74.9 Å². The van der Waals surface area contributed by atoms with Gasteiger partial charge in [0, 0.05) is 55.8 Å². The van der Waals surface area contributed by atoms with Gasteiger partial charge in [0.1, 0.15) is 27.9 Å². The van der Waals surface area contributed by atoms with Gasteiger partial charge in [-0.25, -0.2) is 4.39 Å². The van der Waals surface area contributed by atoms with Crippen LogP contribution in [0.15, 0.2) is 57.9 Å². The first kappa shape index (κ1) is 27.2. The average molecular weight is 597 g/mol.